The first-order valence-electron chi connectivity index (χ1n) is 5.32. The maximum Gasteiger partial charge on any atom is 0.251 e. The van der Waals surface area contributed by atoms with Crippen LogP contribution in [-0.4, -0.2) is 30.6 Å². The number of hydrogen-bond acceptors (Lipinski definition) is 5. The van der Waals surface area contributed by atoms with Crippen LogP contribution in [0.1, 0.15) is 0 Å². The zero-order chi connectivity index (χ0) is 13.2. The van der Waals surface area contributed by atoms with E-state index in [0.717, 1.165) is 0 Å². The van der Waals surface area contributed by atoms with Gasteiger partial charge in [0, 0.05) is 22.2 Å². The van der Waals surface area contributed by atoms with Gasteiger partial charge >= 0.3 is 0 Å². The average Bonchev–Trinajstić information content (AvgIpc) is 2.92. The van der Waals surface area contributed by atoms with Gasteiger partial charge in [-0.1, -0.05) is 11.6 Å². The van der Waals surface area contributed by atoms with Crippen molar-refractivity contribution in [1.29, 1.82) is 0 Å². The molecule has 7 nitrogen and oxygen atoms in total. The minimum Gasteiger partial charge on any atom is -0.313 e. The fourth-order valence-corrected chi connectivity index (χ4v) is 1.89. The van der Waals surface area contributed by atoms with Crippen molar-refractivity contribution in [3.05, 3.63) is 46.0 Å². The summed E-state index contributed by atoms with van der Waals surface area (Å²) in [6.45, 7) is 0. The van der Waals surface area contributed by atoms with Crippen LogP contribution in [0.5, 0.6) is 0 Å². The summed E-state index contributed by atoms with van der Waals surface area (Å²) in [4.78, 5) is 17.9. The van der Waals surface area contributed by atoms with Crippen LogP contribution in [0.2, 0.25) is 5.02 Å². The van der Waals surface area contributed by atoms with Crippen molar-refractivity contribution in [1.82, 2.24) is 30.6 Å². The Bertz CT molecular complexity index is 767. The van der Waals surface area contributed by atoms with E-state index in [1.54, 1.807) is 18.2 Å². The van der Waals surface area contributed by atoms with Gasteiger partial charge in [-0.15, -0.1) is 10.2 Å². The smallest absolute Gasteiger partial charge is 0.251 e. The molecule has 2 N–H and O–H groups in total. The number of rotatable bonds is 2. The average molecular weight is 275 g/mol. The van der Waals surface area contributed by atoms with Crippen LogP contribution in [0.25, 0.3) is 22.6 Å². The summed E-state index contributed by atoms with van der Waals surface area (Å²) < 4.78 is 0. The minimum absolute atomic E-state index is 0.246. The van der Waals surface area contributed by atoms with Crippen molar-refractivity contribution in [2.45, 2.75) is 0 Å². The molecule has 8 heteroatoms. The maximum absolute atomic E-state index is 11.4. The van der Waals surface area contributed by atoms with Gasteiger partial charge in [-0.05, 0) is 23.4 Å². The highest BCUT2D eigenvalue weighted by Crippen LogP contribution is 2.30. The highest BCUT2D eigenvalue weighted by molar-refractivity contribution is 6.31. The number of aromatic amines is 2. The first-order valence-corrected chi connectivity index (χ1v) is 5.70. The van der Waals surface area contributed by atoms with Gasteiger partial charge in [0.25, 0.3) is 5.56 Å². The number of nitrogens with one attached hydrogen (secondary N) is 2. The van der Waals surface area contributed by atoms with Crippen molar-refractivity contribution in [2.75, 3.05) is 0 Å². The molecule has 0 radical (unpaired) electrons. The molecular weight excluding hydrogens is 268 g/mol. The van der Waals surface area contributed by atoms with Crippen LogP contribution in [-0.2, 0) is 0 Å². The number of halogens is 1. The topological polar surface area (TPSA) is 100 Å². The van der Waals surface area contributed by atoms with Crippen molar-refractivity contribution < 1.29 is 0 Å². The van der Waals surface area contributed by atoms with Crippen LogP contribution >= 0.6 is 11.6 Å². The van der Waals surface area contributed by atoms with Gasteiger partial charge in [-0.3, -0.25) is 4.79 Å². The van der Waals surface area contributed by atoms with Gasteiger partial charge in [0.1, 0.15) is 0 Å². The lowest BCUT2D eigenvalue weighted by molar-refractivity contribution is 0.881. The number of hydrogen-bond donors (Lipinski definition) is 2. The Kier molecular flexibility index (Phi) is 2.81. The second-order valence-corrected chi connectivity index (χ2v) is 4.16. The van der Waals surface area contributed by atoms with E-state index in [2.05, 4.69) is 30.6 Å². The summed E-state index contributed by atoms with van der Waals surface area (Å²) in [6, 6.07) is 6.56. The third-order valence-electron chi connectivity index (χ3n) is 2.52. The van der Waals surface area contributed by atoms with E-state index in [1.165, 1.54) is 12.4 Å². The highest BCUT2D eigenvalue weighted by Gasteiger charge is 2.13. The summed E-state index contributed by atoms with van der Waals surface area (Å²) in [5.41, 5.74) is 1.60. The van der Waals surface area contributed by atoms with Crippen LogP contribution in [0.3, 0.4) is 0 Å². The van der Waals surface area contributed by atoms with Crippen LogP contribution in [0.15, 0.2) is 35.4 Å². The molecule has 0 fully saturated rings. The van der Waals surface area contributed by atoms with Gasteiger partial charge in [-0.2, -0.15) is 5.21 Å². The Morgan fingerprint density at radius 1 is 1.16 bits per heavy atom. The fourth-order valence-electron chi connectivity index (χ4n) is 1.72. The largest absolute Gasteiger partial charge is 0.313 e. The fraction of sp³-hybridized carbons (Fsp3) is 0. The predicted molar refractivity (Wildman–Crippen MR) is 68.5 cm³/mol. The molecular formula is C11H7ClN6O. The van der Waals surface area contributed by atoms with Crippen molar-refractivity contribution >= 4 is 11.6 Å². The van der Waals surface area contributed by atoms with Crippen molar-refractivity contribution in [3.63, 3.8) is 0 Å². The Labute approximate surface area is 111 Å². The molecule has 0 amide bonds. The standard InChI is InChI=1S/C11H7ClN6O/c12-6-1-2-7(11-15-17-18-16-11)8(3-6)9-4-10(19)14-5-13-9/h1-5H,(H,13,14,19)(H,15,16,17,18). The van der Waals surface area contributed by atoms with E-state index in [1.807, 2.05) is 0 Å². The lowest BCUT2D eigenvalue weighted by atomic mass is 10.0. The molecule has 0 saturated heterocycles. The Morgan fingerprint density at radius 2 is 2.05 bits per heavy atom. The molecule has 3 rings (SSSR count). The summed E-state index contributed by atoms with van der Waals surface area (Å²) in [5.74, 6) is 0.411. The summed E-state index contributed by atoms with van der Waals surface area (Å²) in [6.07, 6.45) is 1.33. The third-order valence-corrected chi connectivity index (χ3v) is 2.76. The molecule has 0 bridgehead atoms. The number of aromatic nitrogens is 6. The normalized spacial score (nSPS) is 10.6. The first-order chi connectivity index (χ1) is 9.24. The highest BCUT2D eigenvalue weighted by atomic mass is 35.5. The molecule has 0 saturated carbocycles. The van der Waals surface area contributed by atoms with E-state index >= 15 is 0 Å². The molecule has 2 aromatic heterocycles. The second kappa shape index (κ2) is 4.62. The molecule has 0 unspecified atom stereocenters. The van der Waals surface area contributed by atoms with E-state index in [0.29, 0.717) is 27.7 Å². The number of nitrogens with zero attached hydrogens (tertiary/aromatic N) is 4. The minimum atomic E-state index is -0.246. The van der Waals surface area contributed by atoms with Gasteiger partial charge in [0.05, 0.1) is 12.0 Å². The SMILES string of the molecule is O=c1cc(-c2cc(Cl)ccc2-c2nn[nH]n2)nc[nH]1. The molecule has 0 atom stereocenters. The van der Waals surface area contributed by atoms with E-state index in [4.69, 9.17) is 11.6 Å². The Balaban J connectivity index is 2.25. The first kappa shape index (κ1) is 11.5. The van der Waals surface area contributed by atoms with Crippen molar-refractivity contribution in [2.24, 2.45) is 0 Å². The quantitative estimate of drug-likeness (QED) is 0.733. The van der Waals surface area contributed by atoms with E-state index in [-0.39, 0.29) is 5.56 Å². The number of benzene rings is 1. The summed E-state index contributed by atoms with van der Waals surface area (Å²) in [7, 11) is 0. The van der Waals surface area contributed by atoms with Crippen LogP contribution in [0.4, 0.5) is 0 Å². The second-order valence-electron chi connectivity index (χ2n) is 3.72. The monoisotopic (exact) mass is 274 g/mol. The lowest BCUT2D eigenvalue weighted by Gasteiger charge is -2.05. The predicted octanol–water partition coefficient (Wildman–Crippen LogP) is 1.27. The molecule has 2 heterocycles. The lowest BCUT2D eigenvalue weighted by Crippen LogP contribution is -2.05. The molecule has 0 aliphatic rings. The molecule has 1 aromatic carbocycles. The Hall–Kier alpha value is -2.54. The molecule has 0 aliphatic carbocycles. The maximum atomic E-state index is 11.4. The number of tetrazole rings is 1. The van der Waals surface area contributed by atoms with Gasteiger partial charge < -0.3 is 4.98 Å². The van der Waals surface area contributed by atoms with Gasteiger partial charge in [0.2, 0.25) is 5.82 Å². The molecule has 19 heavy (non-hydrogen) atoms. The molecule has 3 aromatic rings. The third kappa shape index (κ3) is 2.23. The Morgan fingerprint density at radius 3 is 2.79 bits per heavy atom. The van der Waals surface area contributed by atoms with E-state index in [9.17, 15) is 4.79 Å². The zero-order valence-corrected chi connectivity index (χ0v) is 10.2. The van der Waals surface area contributed by atoms with Gasteiger partial charge in [-0.25, -0.2) is 4.98 Å². The van der Waals surface area contributed by atoms with Gasteiger partial charge in [0.15, 0.2) is 0 Å². The zero-order valence-electron chi connectivity index (χ0n) is 9.46. The van der Waals surface area contributed by atoms with Crippen LogP contribution < -0.4 is 5.56 Å². The number of H-pyrrole nitrogens is 2. The van der Waals surface area contributed by atoms with Crippen LogP contribution in [0, 0.1) is 0 Å². The molecule has 0 aliphatic heterocycles. The molecule has 0 spiro atoms. The summed E-state index contributed by atoms with van der Waals surface area (Å²) >= 11 is 5.99. The van der Waals surface area contributed by atoms with Crippen molar-refractivity contribution in [3.8, 4) is 22.6 Å². The summed E-state index contributed by atoms with van der Waals surface area (Å²) in [5, 5.41) is 14.3. The molecule has 94 valence electrons. The van der Waals surface area contributed by atoms with E-state index < -0.39 is 0 Å².